The number of aliphatic hydroxyl groups excluding tert-OH is 1. The maximum absolute atomic E-state index is 12.6. The molecule has 0 bridgehead atoms. The Bertz CT molecular complexity index is 879. The van der Waals surface area contributed by atoms with Gasteiger partial charge in [-0.05, 0) is 41.8 Å². The third kappa shape index (κ3) is 3.22. The third-order valence-electron chi connectivity index (χ3n) is 5.29. The van der Waals surface area contributed by atoms with Crippen LogP contribution >= 0.6 is 0 Å². The third-order valence-corrected chi connectivity index (χ3v) is 5.29. The molecule has 2 aromatic rings. The number of carbonyl (C=O) groups excluding carboxylic acids is 1. The maximum atomic E-state index is 12.6. The number of aliphatic hydroxyl groups is 1. The van der Waals surface area contributed by atoms with Gasteiger partial charge >= 0.3 is 5.97 Å². The van der Waals surface area contributed by atoms with E-state index in [2.05, 4.69) is 0 Å². The van der Waals surface area contributed by atoms with E-state index in [0.717, 1.165) is 11.1 Å². The van der Waals surface area contributed by atoms with Crippen molar-refractivity contribution in [1.82, 2.24) is 0 Å². The van der Waals surface area contributed by atoms with E-state index >= 15 is 0 Å². The Kier molecular flexibility index (Phi) is 5.00. The number of hydrogen-bond acceptors (Lipinski definition) is 7. The molecule has 0 aromatic heterocycles. The van der Waals surface area contributed by atoms with Crippen molar-refractivity contribution in [2.24, 2.45) is 11.8 Å². The monoisotopic (exact) mass is 386 g/mol. The molecule has 0 radical (unpaired) electrons. The molecule has 2 aliphatic rings. The lowest BCUT2D eigenvalue weighted by Crippen LogP contribution is -2.23. The van der Waals surface area contributed by atoms with Crippen LogP contribution in [0.2, 0.25) is 0 Å². The molecule has 28 heavy (non-hydrogen) atoms. The summed E-state index contributed by atoms with van der Waals surface area (Å²) in [6, 6.07) is 11.0. The second-order valence-electron chi connectivity index (χ2n) is 6.82. The summed E-state index contributed by atoms with van der Waals surface area (Å²) < 4.78 is 27.0. The normalized spacial score (nSPS) is 22.8. The van der Waals surface area contributed by atoms with Gasteiger partial charge in [-0.3, -0.25) is 4.79 Å². The van der Waals surface area contributed by atoms with Crippen LogP contribution in [0, 0.1) is 11.8 Å². The fraction of sp³-hybridized carbons (Fsp3) is 0.381. The molecule has 0 unspecified atom stereocenters. The van der Waals surface area contributed by atoms with Crippen LogP contribution in [0.1, 0.15) is 17.2 Å². The number of methoxy groups -OCH3 is 2. The largest absolute Gasteiger partial charge is 0.493 e. The van der Waals surface area contributed by atoms with Crippen LogP contribution in [0.15, 0.2) is 36.4 Å². The topological polar surface area (TPSA) is 83.5 Å². The average Bonchev–Trinajstić information content (AvgIpc) is 3.31. The number of fused-ring (bicyclic) bond motifs is 1. The molecule has 1 N–H and O–H groups in total. The van der Waals surface area contributed by atoms with Gasteiger partial charge in [0, 0.05) is 5.92 Å². The zero-order valence-electron chi connectivity index (χ0n) is 15.7. The summed E-state index contributed by atoms with van der Waals surface area (Å²) in [4.78, 5) is 12.6. The molecule has 3 atom stereocenters. The molecule has 2 aliphatic heterocycles. The summed E-state index contributed by atoms with van der Waals surface area (Å²) in [6.45, 7) is 0.0326. The van der Waals surface area contributed by atoms with E-state index in [9.17, 15) is 9.90 Å². The van der Waals surface area contributed by atoms with Crippen molar-refractivity contribution in [1.29, 1.82) is 0 Å². The van der Waals surface area contributed by atoms with Crippen molar-refractivity contribution in [2.75, 3.05) is 27.6 Å². The van der Waals surface area contributed by atoms with Crippen molar-refractivity contribution >= 4 is 5.97 Å². The fourth-order valence-corrected chi connectivity index (χ4v) is 3.81. The van der Waals surface area contributed by atoms with Gasteiger partial charge in [0.05, 0.1) is 26.7 Å². The quantitative estimate of drug-likeness (QED) is 0.764. The van der Waals surface area contributed by atoms with Crippen LogP contribution in [0.5, 0.6) is 23.0 Å². The molecular weight excluding hydrogens is 364 g/mol. The summed E-state index contributed by atoms with van der Waals surface area (Å²) >= 11 is 0. The lowest BCUT2D eigenvalue weighted by molar-refractivity contribution is -0.144. The highest BCUT2D eigenvalue weighted by atomic mass is 16.7. The number of cyclic esters (lactones) is 1. The van der Waals surface area contributed by atoms with Crippen LogP contribution in [0.3, 0.4) is 0 Å². The van der Waals surface area contributed by atoms with E-state index in [0.29, 0.717) is 29.4 Å². The minimum Gasteiger partial charge on any atom is -0.493 e. The van der Waals surface area contributed by atoms with Crippen LogP contribution in [0.25, 0.3) is 0 Å². The van der Waals surface area contributed by atoms with Gasteiger partial charge < -0.3 is 28.8 Å². The average molecular weight is 386 g/mol. The number of ether oxygens (including phenoxy) is 5. The van der Waals surface area contributed by atoms with Crippen LogP contribution in [-0.2, 0) is 16.0 Å². The Morgan fingerprint density at radius 3 is 2.57 bits per heavy atom. The molecule has 1 saturated heterocycles. The van der Waals surface area contributed by atoms with Crippen LogP contribution < -0.4 is 18.9 Å². The van der Waals surface area contributed by atoms with Crippen molar-refractivity contribution in [3.8, 4) is 23.0 Å². The number of hydrogen-bond donors (Lipinski definition) is 1. The molecule has 4 rings (SSSR count). The first kappa shape index (κ1) is 18.4. The molecule has 148 valence electrons. The van der Waals surface area contributed by atoms with Gasteiger partial charge in [0.2, 0.25) is 6.79 Å². The molecule has 1 fully saturated rings. The zero-order chi connectivity index (χ0) is 19.7. The molecule has 2 heterocycles. The molecule has 0 aliphatic carbocycles. The van der Waals surface area contributed by atoms with Crippen LogP contribution in [-0.4, -0.2) is 38.7 Å². The first-order chi connectivity index (χ1) is 13.6. The van der Waals surface area contributed by atoms with E-state index in [1.54, 1.807) is 26.4 Å². The predicted molar refractivity (Wildman–Crippen MR) is 98.7 cm³/mol. The highest BCUT2D eigenvalue weighted by molar-refractivity contribution is 5.76. The van der Waals surface area contributed by atoms with Gasteiger partial charge in [-0.15, -0.1) is 0 Å². The number of benzene rings is 2. The standard InChI is InChI=1S/C21H22O7/c1-24-16-6-4-13(9-18(16)25-2)20-15(10-22)14(21(23)28-20)7-12-3-5-17-19(8-12)27-11-26-17/h3-6,8-9,14-15,20,22H,7,10-11H2,1-2H3/t14-,15-,20+/m0/s1. The van der Waals surface area contributed by atoms with Gasteiger partial charge in [-0.2, -0.15) is 0 Å². The minimum absolute atomic E-state index is 0.167. The second-order valence-corrected chi connectivity index (χ2v) is 6.82. The van der Waals surface area contributed by atoms with Crippen molar-refractivity contribution in [3.63, 3.8) is 0 Å². The smallest absolute Gasteiger partial charge is 0.310 e. The molecule has 2 aromatic carbocycles. The van der Waals surface area contributed by atoms with Crippen molar-refractivity contribution < 1.29 is 33.6 Å². The van der Waals surface area contributed by atoms with E-state index in [4.69, 9.17) is 23.7 Å². The van der Waals surface area contributed by atoms with Crippen molar-refractivity contribution in [2.45, 2.75) is 12.5 Å². The van der Waals surface area contributed by atoms with E-state index < -0.39 is 12.0 Å². The van der Waals surface area contributed by atoms with Gasteiger partial charge in [0.15, 0.2) is 23.0 Å². The molecular formula is C21H22O7. The fourth-order valence-electron chi connectivity index (χ4n) is 3.81. The second kappa shape index (κ2) is 7.59. The van der Waals surface area contributed by atoms with Gasteiger partial charge in [-0.1, -0.05) is 12.1 Å². The zero-order valence-corrected chi connectivity index (χ0v) is 15.7. The lowest BCUT2D eigenvalue weighted by atomic mass is 9.84. The van der Waals surface area contributed by atoms with Gasteiger partial charge in [0.1, 0.15) is 6.10 Å². The SMILES string of the molecule is COc1ccc([C@H]2OC(=O)[C@@H](Cc3ccc4c(c3)OCO4)[C@@H]2CO)cc1OC. The van der Waals surface area contributed by atoms with E-state index in [1.165, 1.54) is 0 Å². The Hall–Kier alpha value is -2.93. The minimum atomic E-state index is -0.545. The summed E-state index contributed by atoms with van der Waals surface area (Å²) in [5.74, 6) is 1.36. The highest BCUT2D eigenvalue weighted by Crippen LogP contribution is 2.43. The summed E-state index contributed by atoms with van der Waals surface area (Å²) in [6.07, 6.45) is -0.0962. The highest BCUT2D eigenvalue weighted by Gasteiger charge is 2.45. The summed E-state index contributed by atoms with van der Waals surface area (Å²) in [5.41, 5.74) is 1.69. The van der Waals surface area contributed by atoms with Gasteiger partial charge in [0.25, 0.3) is 0 Å². The number of rotatable bonds is 6. The van der Waals surface area contributed by atoms with E-state index in [1.807, 2.05) is 24.3 Å². The lowest BCUT2D eigenvalue weighted by Gasteiger charge is -2.20. The summed E-state index contributed by atoms with van der Waals surface area (Å²) in [7, 11) is 3.11. The van der Waals surface area contributed by atoms with Crippen molar-refractivity contribution in [3.05, 3.63) is 47.5 Å². The molecule has 0 spiro atoms. The Balaban J connectivity index is 1.58. The predicted octanol–water partition coefficient (Wildman–Crippen LogP) is 2.50. The summed E-state index contributed by atoms with van der Waals surface area (Å²) in [5, 5.41) is 10.0. The van der Waals surface area contributed by atoms with Crippen LogP contribution in [0.4, 0.5) is 0 Å². The molecule has 0 amide bonds. The molecule has 7 nitrogen and oxygen atoms in total. The van der Waals surface area contributed by atoms with Gasteiger partial charge in [-0.25, -0.2) is 0 Å². The number of esters is 1. The molecule has 0 saturated carbocycles. The number of carbonyl (C=O) groups is 1. The molecule has 7 heteroatoms. The maximum Gasteiger partial charge on any atom is 0.310 e. The first-order valence-corrected chi connectivity index (χ1v) is 9.06. The first-order valence-electron chi connectivity index (χ1n) is 9.06. The Morgan fingerprint density at radius 2 is 1.82 bits per heavy atom. The Morgan fingerprint density at radius 1 is 1.04 bits per heavy atom. The Labute approximate surface area is 162 Å². The van der Waals surface area contributed by atoms with E-state index in [-0.39, 0.29) is 25.3 Å².